The van der Waals surface area contributed by atoms with Crippen molar-refractivity contribution in [3.8, 4) is 0 Å². The molecule has 0 bridgehead atoms. The van der Waals surface area contributed by atoms with Crippen molar-refractivity contribution < 1.29 is 4.79 Å². The van der Waals surface area contributed by atoms with Gasteiger partial charge >= 0.3 is 0 Å². The number of amides is 1. The molecule has 0 radical (unpaired) electrons. The highest BCUT2D eigenvalue weighted by molar-refractivity contribution is 5.94. The van der Waals surface area contributed by atoms with E-state index in [1.54, 1.807) is 0 Å². The minimum absolute atomic E-state index is 0.123. The summed E-state index contributed by atoms with van der Waals surface area (Å²) in [5.74, 6) is 0.229. The van der Waals surface area contributed by atoms with Gasteiger partial charge in [0.2, 0.25) is 0 Å². The molecular weight excluding hydrogens is 250 g/mol. The Hall–Kier alpha value is -1.29. The third kappa shape index (κ3) is 2.37. The Balaban J connectivity index is 1.82. The Kier molecular flexibility index (Phi) is 3.59. The Morgan fingerprint density at radius 1 is 1.10 bits per heavy atom. The van der Waals surface area contributed by atoms with Crippen molar-refractivity contribution in [2.75, 3.05) is 26.7 Å². The monoisotopic (exact) mass is 275 g/mol. The second-order valence-corrected chi connectivity index (χ2v) is 6.51. The van der Waals surface area contributed by atoms with Crippen LogP contribution in [0.5, 0.6) is 0 Å². The Morgan fingerprint density at radius 3 is 2.55 bits per heavy atom. The van der Waals surface area contributed by atoms with E-state index in [1.807, 2.05) is 30.1 Å². The molecule has 2 aliphatic heterocycles. The van der Waals surface area contributed by atoms with Crippen LogP contribution in [0.1, 0.15) is 42.5 Å². The van der Waals surface area contributed by atoms with Gasteiger partial charge in [-0.1, -0.05) is 0 Å². The molecule has 4 heteroatoms. The molecule has 2 fully saturated rings. The molecule has 1 spiro atoms. The van der Waals surface area contributed by atoms with Crippen LogP contribution in [0.2, 0.25) is 0 Å². The summed E-state index contributed by atoms with van der Waals surface area (Å²) >= 11 is 0. The summed E-state index contributed by atoms with van der Waals surface area (Å²) in [5, 5.41) is 0. The van der Waals surface area contributed by atoms with Gasteiger partial charge in [-0.15, -0.1) is 0 Å². The van der Waals surface area contributed by atoms with Crippen LogP contribution in [-0.2, 0) is 7.05 Å². The average Bonchev–Trinajstić information content (AvgIpc) is 2.98. The number of hydrogen-bond acceptors (Lipinski definition) is 2. The lowest BCUT2D eigenvalue weighted by atomic mass is 9.87. The standard InChI is InChI=1S/C16H25N3O/c1-17-9-3-6-16(8-12-17)7-4-10-19(16)15(20)14-5-11-18(2)13-14/h5,11,13H,3-4,6-10,12H2,1-2H3. The normalized spacial score (nSPS) is 28.0. The van der Waals surface area contributed by atoms with Gasteiger partial charge in [-0.3, -0.25) is 4.79 Å². The summed E-state index contributed by atoms with van der Waals surface area (Å²) in [7, 11) is 4.16. The van der Waals surface area contributed by atoms with E-state index in [9.17, 15) is 4.79 Å². The molecule has 0 aromatic carbocycles. The molecule has 0 saturated carbocycles. The van der Waals surface area contributed by atoms with Gasteiger partial charge in [-0.05, 0) is 51.8 Å². The molecule has 20 heavy (non-hydrogen) atoms. The van der Waals surface area contributed by atoms with Crippen molar-refractivity contribution in [2.45, 2.75) is 37.6 Å². The van der Waals surface area contributed by atoms with Gasteiger partial charge < -0.3 is 14.4 Å². The number of aromatic nitrogens is 1. The predicted octanol–water partition coefficient (Wildman–Crippen LogP) is 2.12. The molecule has 4 nitrogen and oxygen atoms in total. The summed E-state index contributed by atoms with van der Waals surface area (Å²) in [6.45, 7) is 3.20. The van der Waals surface area contributed by atoms with Gasteiger partial charge in [-0.25, -0.2) is 0 Å². The topological polar surface area (TPSA) is 28.5 Å². The molecule has 0 N–H and O–H groups in total. The molecule has 1 aromatic rings. The summed E-state index contributed by atoms with van der Waals surface area (Å²) in [4.78, 5) is 17.4. The lowest BCUT2D eigenvalue weighted by molar-refractivity contribution is 0.0560. The van der Waals surface area contributed by atoms with E-state index in [0.717, 1.165) is 44.5 Å². The van der Waals surface area contributed by atoms with E-state index in [4.69, 9.17) is 0 Å². The molecule has 2 aliphatic rings. The second kappa shape index (κ2) is 5.24. The number of nitrogens with zero attached hydrogens (tertiary/aromatic N) is 3. The SMILES string of the molecule is CN1CCCC2(CCCN2C(=O)c2ccn(C)c2)CC1. The molecule has 3 rings (SSSR count). The molecule has 110 valence electrons. The Morgan fingerprint density at radius 2 is 1.85 bits per heavy atom. The lowest BCUT2D eigenvalue weighted by Crippen LogP contribution is -2.47. The number of aryl methyl sites for hydroxylation is 1. The quantitative estimate of drug-likeness (QED) is 0.785. The summed E-state index contributed by atoms with van der Waals surface area (Å²) in [5.41, 5.74) is 0.962. The van der Waals surface area contributed by atoms with Gasteiger partial charge in [0.25, 0.3) is 5.91 Å². The third-order valence-corrected chi connectivity index (χ3v) is 5.06. The first-order chi connectivity index (χ1) is 9.61. The second-order valence-electron chi connectivity index (χ2n) is 6.51. The van der Waals surface area contributed by atoms with E-state index < -0.39 is 0 Å². The van der Waals surface area contributed by atoms with Crippen LogP contribution in [0.15, 0.2) is 18.5 Å². The van der Waals surface area contributed by atoms with E-state index in [0.29, 0.717) is 0 Å². The fraction of sp³-hybridized carbons (Fsp3) is 0.688. The zero-order chi connectivity index (χ0) is 14.2. The maximum atomic E-state index is 12.8. The van der Waals surface area contributed by atoms with Gasteiger partial charge in [0.05, 0.1) is 5.56 Å². The van der Waals surface area contributed by atoms with Gasteiger partial charge in [-0.2, -0.15) is 0 Å². The van der Waals surface area contributed by atoms with E-state index >= 15 is 0 Å². The van der Waals surface area contributed by atoms with Crippen LogP contribution in [0.3, 0.4) is 0 Å². The van der Waals surface area contributed by atoms with Crippen molar-refractivity contribution in [1.29, 1.82) is 0 Å². The van der Waals surface area contributed by atoms with Crippen LogP contribution >= 0.6 is 0 Å². The predicted molar refractivity (Wildman–Crippen MR) is 79.8 cm³/mol. The number of hydrogen-bond donors (Lipinski definition) is 0. The van der Waals surface area contributed by atoms with Crippen LogP contribution in [0.4, 0.5) is 0 Å². The van der Waals surface area contributed by atoms with Gasteiger partial charge in [0, 0.05) is 38.1 Å². The number of carbonyl (C=O) groups excluding carboxylic acids is 1. The molecule has 3 heterocycles. The summed E-state index contributed by atoms with van der Waals surface area (Å²) < 4.78 is 1.96. The molecule has 0 aliphatic carbocycles. The highest BCUT2D eigenvalue weighted by atomic mass is 16.2. The summed E-state index contributed by atoms with van der Waals surface area (Å²) in [6, 6.07) is 1.94. The molecular formula is C16H25N3O. The van der Waals surface area contributed by atoms with Crippen LogP contribution in [0.25, 0.3) is 0 Å². The van der Waals surface area contributed by atoms with Crippen molar-refractivity contribution in [1.82, 2.24) is 14.4 Å². The van der Waals surface area contributed by atoms with Crippen LogP contribution in [-0.4, -0.2) is 52.5 Å². The molecule has 1 amide bonds. The number of carbonyl (C=O) groups is 1. The fourth-order valence-electron chi connectivity index (χ4n) is 3.87. The molecule has 1 atom stereocenters. The Labute approximate surface area is 121 Å². The van der Waals surface area contributed by atoms with Crippen LogP contribution in [0, 0.1) is 0 Å². The van der Waals surface area contributed by atoms with Gasteiger partial charge in [0.15, 0.2) is 0 Å². The minimum Gasteiger partial charge on any atom is -0.356 e. The zero-order valence-electron chi connectivity index (χ0n) is 12.6. The Bertz CT molecular complexity index is 496. The van der Waals surface area contributed by atoms with E-state index in [-0.39, 0.29) is 11.4 Å². The highest BCUT2D eigenvalue weighted by Gasteiger charge is 2.44. The van der Waals surface area contributed by atoms with Crippen LogP contribution < -0.4 is 0 Å². The number of likely N-dealkylation sites (tertiary alicyclic amines) is 2. The zero-order valence-corrected chi connectivity index (χ0v) is 12.6. The molecule has 2 saturated heterocycles. The van der Waals surface area contributed by atoms with E-state index in [1.165, 1.54) is 12.8 Å². The van der Waals surface area contributed by atoms with Crippen molar-refractivity contribution in [3.63, 3.8) is 0 Å². The first kappa shape index (κ1) is 13.7. The highest BCUT2D eigenvalue weighted by Crippen LogP contribution is 2.39. The van der Waals surface area contributed by atoms with E-state index in [2.05, 4.69) is 16.8 Å². The fourth-order valence-corrected chi connectivity index (χ4v) is 3.87. The minimum atomic E-state index is 0.123. The average molecular weight is 275 g/mol. The van der Waals surface area contributed by atoms with Crippen molar-refractivity contribution in [3.05, 3.63) is 24.0 Å². The maximum Gasteiger partial charge on any atom is 0.255 e. The third-order valence-electron chi connectivity index (χ3n) is 5.06. The first-order valence-electron chi connectivity index (χ1n) is 7.73. The lowest BCUT2D eigenvalue weighted by Gasteiger charge is -2.38. The smallest absolute Gasteiger partial charge is 0.255 e. The largest absolute Gasteiger partial charge is 0.356 e. The molecule has 1 unspecified atom stereocenters. The maximum absolute atomic E-state index is 12.8. The first-order valence-corrected chi connectivity index (χ1v) is 7.73. The van der Waals surface area contributed by atoms with Gasteiger partial charge in [0.1, 0.15) is 0 Å². The molecule has 1 aromatic heterocycles. The van der Waals surface area contributed by atoms with Crippen molar-refractivity contribution in [2.24, 2.45) is 7.05 Å². The summed E-state index contributed by atoms with van der Waals surface area (Å²) in [6.07, 6.45) is 9.72. The number of rotatable bonds is 1. The van der Waals surface area contributed by atoms with Crippen molar-refractivity contribution >= 4 is 5.91 Å².